The molecule has 2 aromatic rings. The van der Waals surface area contributed by atoms with Crippen molar-refractivity contribution in [2.24, 2.45) is 0 Å². The molecule has 0 heterocycles. The minimum absolute atomic E-state index is 0.141. The predicted octanol–water partition coefficient (Wildman–Crippen LogP) is 2.48. The third-order valence-corrected chi connectivity index (χ3v) is 3.86. The standard InChI is InChI=1S/C19H21ClN4O4/c1-28-10-9-21-18(26)15-8-7-14(11-16(15)20)22-12-17(25)24-19(27)23-13-5-3-2-4-6-13/h2-8,11,22H,9-10,12H2,1H3,(H,21,26)(H2,23,24,25,27). The number of hydrogen-bond acceptors (Lipinski definition) is 5. The van der Waals surface area contributed by atoms with Crippen molar-refractivity contribution in [1.29, 1.82) is 0 Å². The lowest BCUT2D eigenvalue weighted by molar-refractivity contribution is -0.118. The van der Waals surface area contributed by atoms with Crippen molar-refractivity contribution in [3.8, 4) is 0 Å². The number of carbonyl (C=O) groups excluding carboxylic acids is 3. The van der Waals surface area contributed by atoms with Crippen molar-refractivity contribution in [1.82, 2.24) is 10.6 Å². The van der Waals surface area contributed by atoms with Crippen LogP contribution >= 0.6 is 11.6 Å². The highest BCUT2D eigenvalue weighted by Crippen LogP contribution is 2.20. The van der Waals surface area contributed by atoms with Crippen LogP contribution < -0.4 is 21.3 Å². The Balaban J connectivity index is 1.81. The molecule has 2 rings (SSSR count). The summed E-state index contributed by atoms with van der Waals surface area (Å²) in [6, 6.07) is 12.8. The fourth-order valence-electron chi connectivity index (χ4n) is 2.21. The van der Waals surface area contributed by atoms with Gasteiger partial charge in [0.05, 0.1) is 23.7 Å². The molecule has 0 aliphatic rings. The molecule has 0 aliphatic heterocycles. The number of imide groups is 1. The normalized spacial score (nSPS) is 10.1. The number of rotatable bonds is 8. The molecule has 0 unspecified atom stereocenters. The molecule has 8 nitrogen and oxygen atoms in total. The molecular weight excluding hydrogens is 384 g/mol. The largest absolute Gasteiger partial charge is 0.383 e. The van der Waals surface area contributed by atoms with Gasteiger partial charge in [-0.05, 0) is 30.3 Å². The molecule has 0 bridgehead atoms. The zero-order chi connectivity index (χ0) is 20.4. The van der Waals surface area contributed by atoms with E-state index in [2.05, 4.69) is 21.3 Å². The predicted molar refractivity (Wildman–Crippen MR) is 108 cm³/mol. The van der Waals surface area contributed by atoms with Gasteiger partial charge in [-0.2, -0.15) is 0 Å². The number of para-hydroxylation sites is 1. The van der Waals surface area contributed by atoms with Crippen molar-refractivity contribution >= 4 is 40.8 Å². The number of halogens is 1. The zero-order valence-corrected chi connectivity index (χ0v) is 16.0. The van der Waals surface area contributed by atoms with Crippen molar-refractivity contribution in [3.05, 3.63) is 59.1 Å². The van der Waals surface area contributed by atoms with E-state index in [1.807, 2.05) is 6.07 Å². The van der Waals surface area contributed by atoms with Crippen LogP contribution in [0.15, 0.2) is 48.5 Å². The quantitative estimate of drug-likeness (QED) is 0.505. The van der Waals surface area contributed by atoms with Gasteiger partial charge in [-0.1, -0.05) is 29.8 Å². The number of amides is 4. The third-order valence-electron chi connectivity index (χ3n) is 3.54. The maximum atomic E-state index is 12.0. The smallest absolute Gasteiger partial charge is 0.325 e. The Morgan fingerprint density at radius 1 is 1.04 bits per heavy atom. The lowest BCUT2D eigenvalue weighted by atomic mass is 10.2. The summed E-state index contributed by atoms with van der Waals surface area (Å²) in [5.74, 6) is -0.838. The number of anilines is 2. The van der Waals surface area contributed by atoms with Gasteiger partial charge in [0.1, 0.15) is 0 Å². The van der Waals surface area contributed by atoms with Gasteiger partial charge in [0.2, 0.25) is 5.91 Å². The summed E-state index contributed by atoms with van der Waals surface area (Å²) in [5.41, 5.74) is 1.43. The Morgan fingerprint density at radius 3 is 2.46 bits per heavy atom. The molecule has 0 aliphatic carbocycles. The highest BCUT2D eigenvalue weighted by Gasteiger charge is 2.12. The number of methoxy groups -OCH3 is 1. The summed E-state index contributed by atoms with van der Waals surface area (Å²) in [6.07, 6.45) is 0. The maximum absolute atomic E-state index is 12.0. The molecule has 0 saturated heterocycles. The Labute approximate surface area is 167 Å². The lowest BCUT2D eigenvalue weighted by Gasteiger charge is -2.10. The lowest BCUT2D eigenvalue weighted by Crippen LogP contribution is -2.37. The second kappa shape index (κ2) is 10.9. The van der Waals surface area contributed by atoms with E-state index in [1.165, 1.54) is 6.07 Å². The van der Waals surface area contributed by atoms with Crippen molar-refractivity contribution in [3.63, 3.8) is 0 Å². The van der Waals surface area contributed by atoms with Gasteiger partial charge in [0.15, 0.2) is 0 Å². The summed E-state index contributed by atoms with van der Waals surface area (Å²) < 4.78 is 4.87. The zero-order valence-electron chi connectivity index (χ0n) is 15.3. The molecule has 0 aromatic heterocycles. The van der Waals surface area contributed by atoms with Crippen LogP contribution in [0.4, 0.5) is 16.2 Å². The van der Waals surface area contributed by atoms with Gasteiger partial charge in [0, 0.05) is 25.0 Å². The van der Waals surface area contributed by atoms with Gasteiger partial charge in [-0.15, -0.1) is 0 Å². The first kappa shape index (κ1) is 21.2. The Bertz CT molecular complexity index is 830. The molecule has 0 saturated carbocycles. The fraction of sp³-hybridized carbons (Fsp3) is 0.211. The van der Waals surface area contributed by atoms with Crippen molar-refractivity contribution < 1.29 is 19.1 Å². The number of hydrogen-bond donors (Lipinski definition) is 4. The van der Waals surface area contributed by atoms with E-state index in [0.717, 1.165) is 0 Å². The number of nitrogens with one attached hydrogen (secondary N) is 4. The number of ether oxygens (including phenoxy) is 1. The van der Waals surface area contributed by atoms with Crippen LogP contribution in [0.25, 0.3) is 0 Å². The van der Waals surface area contributed by atoms with E-state index in [0.29, 0.717) is 30.1 Å². The molecule has 0 fully saturated rings. The van der Waals surface area contributed by atoms with Gasteiger partial charge >= 0.3 is 6.03 Å². The highest BCUT2D eigenvalue weighted by molar-refractivity contribution is 6.34. The molecule has 9 heteroatoms. The number of carbonyl (C=O) groups is 3. The average molecular weight is 405 g/mol. The molecular formula is C19H21ClN4O4. The molecule has 0 spiro atoms. The average Bonchev–Trinajstić information content (AvgIpc) is 2.67. The van der Waals surface area contributed by atoms with Gasteiger partial charge in [0.25, 0.3) is 5.91 Å². The minimum Gasteiger partial charge on any atom is -0.383 e. The van der Waals surface area contributed by atoms with Crippen molar-refractivity contribution in [2.75, 3.05) is 37.4 Å². The van der Waals surface area contributed by atoms with Crippen LogP contribution in [-0.2, 0) is 9.53 Å². The van der Waals surface area contributed by atoms with Crippen LogP contribution in [0.2, 0.25) is 5.02 Å². The van der Waals surface area contributed by atoms with Crippen LogP contribution in [0.1, 0.15) is 10.4 Å². The first-order chi connectivity index (χ1) is 13.5. The van der Waals surface area contributed by atoms with Crippen molar-refractivity contribution in [2.45, 2.75) is 0 Å². The summed E-state index contributed by atoms with van der Waals surface area (Å²) in [7, 11) is 1.54. The minimum atomic E-state index is -0.626. The van der Waals surface area contributed by atoms with E-state index >= 15 is 0 Å². The second-order valence-electron chi connectivity index (χ2n) is 5.67. The fourth-order valence-corrected chi connectivity index (χ4v) is 2.47. The Morgan fingerprint density at radius 2 is 1.79 bits per heavy atom. The summed E-state index contributed by atoms with van der Waals surface area (Å²) in [4.78, 5) is 35.7. The molecule has 28 heavy (non-hydrogen) atoms. The van der Waals surface area contributed by atoms with Gasteiger partial charge in [-0.3, -0.25) is 14.9 Å². The second-order valence-corrected chi connectivity index (χ2v) is 6.07. The molecule has 0 atom stereocenters. The van der Waals surface area contributed by atoms with Crippen LogP contribution in [0.5, 0.6) is 0 Å². The molecule has 0 radical (unpaired) electrons. The molecule has 4 N–H and O–H groups in total. The van der Waals surface area contributed by atoms with E-state index in [-0.39, 0.29) is 17.5 Å². The summed E-state index contributed by atoms with van der Waals surface area (Å²) in [5, 5.41) is 10.5. The maximum Gasteiger partial charge on any atom is 0.325 e. The van der Waals surface area contributed by atoms with E-state index in [9.17, 15) is 14.4 Å². The monoisotopic (exact) mass is 404 g/mol. The first-order valence-electron chi connectivity index (χ1n) is 8.46. The number of urea groups is 1. The van der Waals surface area contributed by atoms with Gasteiger partial charge < -0.3 is 20.7 Å². The Hall–Kier alpha value is -3.10. The SMILES string of the molecule is COCCNC(=O)c1ccc(NCC(=O)NC(=O)Nc2ccccc2)cc1Cl. The van der Waals surface area contributed by atoms with E-state index in [1.54, 1.807) is 43.5 Å². The Kier molecular flexibility index (Phi) is 8.26. The summed E-state index contributed by atoms with van der Waals surface area (Å²) in [6.45, 7) is 0.630. The first-order valence-corrected chi connectivity index (χ1v) is 8.84. The highest BCUT2D eigenvalue weighted by atomic mass is 35.5. The third kappa shape index (κ3) is 6.90. The van der Waals surface area contributed by atoms with Crippen LogP contribution in [0.3, 0.4) is 0 Å². The van der Waals surface area contributed by atoms with Crippen LogP contribution in [-0.4, -0.2) is 44.7 Å². The molecule has 2 aromatic carbocycles. The molecule has 148 valence electrons. The van der Waals surface area contributed by atoms with Gasteiger partial charge in [-0.25, -0.2) is 4.79 Å². The summed E-state index contributed by atoms with van der Waals surface area (Å²) >= 11 is 6.13. The van der Waals surface area contributed by atoms with E-state index < -0.39 is 11.9 Å². The van der Waals surface area contributed by atoms with E-state index in [4.69, 9.17) is 16.3 Å². The topological polar surface area (TPSA) is 109 Å². The van der Waals surface area contributed by atoms with Crippen LogP contribution in [0, 0.1) is 0 Å². The molecule has 4 amide bonds. The number of benzene rings is 2.